The van der Waals surface area contributed by atoms with E-state index in [1.54, 1.807) is 11.8 Å². The van der Waals surface area contributed by atoms with E-state index in [1.807, 2.05) is 0 Å². The summed E-state index contributed by atoms with van der Waals surface area (Å²) in [6.45, 7) is 3.17. The standard InChI is InChI=1S/C9H16N2O3/c1-2-14-9(13)11-5-3-4-7(6-11)8(10)12/h7H,2-6H2,1H3,(H2,10,12)/t7-/m0/s1. The van der Waals surface area contributed by atoms with Crippen molar-refractivity contribution in [1.29, 1.82) is 0 Å². The zero-order valence-electron chi connectivity index (χ0n) is 8.36. The molecule has 0 saturated carbocycles. The third-order valence-corrected chi connectivity index (χ3v) is 2.35. The maximum Gasteiger partial charge on any atom is 0.409 e. The highest BCUT2D eigenvalue weighted by molar-refractivity contribution is 5.78. The molecule has 0 bridgehead atoms. The van der Waals surface area contributed by atoms with Crippen molar-refractivity contribution in [1.82, 2.24) is 4.90 Å². The first kappa shape index (κ1) is 10.8. The molecule has 0 spiro atoms. The first-order valence-corrected chi connectivity index (χ1v) is 4.86. The molecule has 0 unspecified atom stereocenters. The van der Waals surface area contributed by atoms with Crippen LogP contribution in [0.4, 0.5) is 4.79 Å². The van der Waals surface area contributed by atoms with Gasteiger partial charge in [0, 0.05) is 13.1 Å². The summed E-state index contributed by atoms with van der Waals surface area (Å²) in [5, 5.41) is 0. The molecule has 1 fully saturated rings. The average molecular weight is 200 g/mol. The van der Waals surface area contributed by atoms with Crippen molar-refractivity contribution in [2.75, 3.05) is 19.7 Å². The highest BCUT2D eigenvalue weighted by Crippen LogP contribution is 2.16. The van der Waals surface area contributed by atoms with Crippen LogP contribution in [0.2, 0.25) is 0 Å². The predicted octanol–water partition coefficient (Wildman–Crippen LogP) is 0.340. The van der Waals surface area contributed by atoms with Crippen LogP contribution in [-0.4, -0.2) is 36.6 Å². The lowest BCUT2D eigenvalue weighted by Crippen LogP contribution is -2.44. The van der Waals surface area contributed by atoms with Crippen LogP contribution in [0.1, 0.15) is 19.8 Å². The van der Waals surface area contributed by atoms with Crippen LogP contribution in [-0.2, 0) is 9.53 Å². The molecule has 0 aromatic rings. The van der Waals surface area contributed by atoms with E-state index in [2.05, 4.69) is 0 Å². The van der Waals surface area contributed by atoms with Crippen LogP contribution in [0.3, 0.4) is 0 Å². The molecule has 1 saturated heterocycles. The Hall–Kier alpha value is -1.26. The lowest BCUT2D eigenvalue weighted by Gasteiger charge is -2.30. The molecule has 14 heavy (non-hydrogen) atoms. The number of amides is 2. The topological polar surface area (TPSA) is 72.6 Å². The van der Waals surface area contributed by atoms with E-state index in [-0.39, 0.29) is 17.9 Å². The molecule has 0 aromatic heterocycles. The summed E-state index contributed by atoms with van der Waals surface area (Å²) in [6, 6.07) is 0. The highest BCUT2D eigenvalue weighted by Gasteiger charge is 2.27. The number of likely N-dealkylation sites (tertiary alicyclic amines) is 1. The molecular formula is C9H16N2O3. The van der Waals surface area contributed by atoms with Gasteiger partial charge in [0.25, 0.3) is 0 Å². The SMILES string of the molecule is CCOC(=O)N1CCC[C@H](C(N)=O)C1. The Morgan fingerprint density at radius 2 is 2.29 bits per heavy atom. The number of hydrogen-bond donors (Lipinski definition) is 1. The van der Waals surface area contributed by atoms with Gasteiger partial charge in [-0.1, -0.05) is 0 Å². The van der Waals surface area contributed by atoms with Gasteiger partial charge in [0.05, 0.1) is 12.5 Å². The smallest absolute Gasteiger partial charge is 0.409 e. The van der Waals surface area contributed by atoms with Crippen LogP contribution >= 0.6 is 0 Å². The van der Waals surface area contributed by atoms with Gasteiger partial charge in [0.1, 0.15) is 0 Å². The summed E-state index contributed by atoms with van der Waals surface area (Å²) in [7, 11) is 0. The fraction of sp³-hybridized carbons (Fsp3) is 0.778. The van der Waals surface area contributed by atoms with E-state index in [4.69, 9.17) is 10.5 Å². The zero-order chi connectivity index (χ0) is 10.6. The van der Waals surface area contributed by atoms with Crippen molar-refractivity contribution in [3.63, 3.8) is 0 Å². The molecule has 80 valence electrons. The summed E-state index contributed by atoms with van der Waals surface area (Å²) in [5.41, 5.74) is 5.19. The van der Waals surface area contributed by atoms with E-state index in [1.165, 1.54) is 0 Å². The van der Waals surface area contributed by atoms with E-state index >= 15 is 0 Å². The minimum absolute atomic E-state index is 0.215. The Morgan fingerprint density at radius 1 is 1.57 bits per heavy atom. The number of carbonyl (C=O) groups is 2. The Morgan fingerprint density at radius 3 is 2.86 bits per heavy atom. The quantitative estimate of drug-likeness (QED) is 0.698. The van der Waals surface area contributed by atoms with Crippen molar-refractivity contribution in [2.45, 2.75) is 19.8 Å². The number of nitrogens with zero attached hydrogens (tertiary/aromatic N) is 1. The largest absolute Gasteiger partial charge is 0.450 e. The molecular weight excluding hydrogens is 184 g/mol. The number of carbonyl (C=O) groups excluding carboxylic acids is 2. The van der Waals surface area contributed by atoms with Gasteiger partial charge in [-0.15, -0.1) is 0 Å². The van der Waals surface area contributed by atoms with Crippen LogP contribution in [0.25, 0.3) is 0 Å². The summed E-state index contributed by atoms with van der Waals surface area (Å²) in [5.74, 6) is -0.549. The van der Waals surface area contributed by atoms with Crippen LogP contribution < -0.4 is 5.73 Å². The molecule has 1 aliphatic rings. The molecule has 1 atom stereocenters. The van der Waals surface area contributed by atoms with Crippen LogP contribution in [0, 0.1) is 5.92 Å². The molecule has 5 nitrogen and oxygen atoms in total. The summed E-state index contributed by atoms with van der Waals surface area (Å²) in [4.78, 5) is 23.8. The molecule has 1 rings (SSSR count). The summed E-state index contributed by atoms with van der Waals surface area (Å²) < 4.78 is 4.84. The predicted molar refractivity (Wildman–Crippen MR) is 50.5 cm³/mol. The van der Waals surface area contributed by atoms with Crippen molar-refractivity contribution < 1.29 is 14.3 Å². The number of nitrogens with two attached hydrogens (primary N) is 1. The molecule has 1 aliphatic heterocycles. The van der Waals surface area contributed by atoms with Gasteiger partial charge in [-0.3, -0.25) is 4.79 Å². The van der Waals surface area contributed by atoms with Gasteiger partial charge >= 0.3 is 6.09 Å². The van der Waals surface area contributed by atoms with Crippen LogP contribution in [0.15, 0.2) is 0 Å². The van der Waals surface area contributed by atoms with Gasteiger partial charge in [-0.2, -0.15) is 0 Å². The van der Waals surface area contributed by atoms with Gasteiger partial charge in [-0.05, 0) is 19.8 Å². The Labute approximate surface area is 83.2 Å². The van der Waals surface area contributed by atoms with Crippen LogP contribution in [0.5, 0.6) is 0 Å². The van der Waals surface area contributed by atoms with E-state index in [0.717, 1.165) is 12.8 Å². The third kappa shape index (κ3) is 2.61. The lowest BCUT2D eigenvalue weighted by atomic mass is 9.98. The number of primary amides is 1. The molecule has 2 N–H and O–H groups in total. The van der Waals surface area contributed by atoms with E-state index < -0.39 is 0 Å². The van der Waals surface area contributed by atoms with Gasteiger partial charge in [-0.25, -0.2) is 4.79 Å². The second-order valence-electron chi connectivity index (χ2n) is 3.39. The average Bonchev–Trinajstić information content (AvgIpc) is 2.18. The monoisotopic (exact) mass is 200 g/mol. The van der Waals surface area contributed by atoms with E-state index in [9.17, 15) is 9.59 Å². The van der Waals surface area contributed by atoms with Gasteiger partial charge < -0.3 is 15.4 Å². The molecule has 5 heteroatoms. The molecule has 2 amide bonds. The first-order valence-electron chi connectivity index (χ1n) is 4.86. The zero-order valence-corrected chi connectivity index (χ0v) is 8.36. The molecule has 0 aromatic carbocycles. The Kier molecular flexibility index (Phi) is 3.73. The first-order chi connectivity index (χ1) is 6.65. The summed E-state index contributed by atoms with van der Waals surface area (Å²) in [6.07, 6.45) is 1.23. The molecule has 0 radical (unpaired) electrons. The fourth-order valence-electron chi connectivity index (χ4n) is 1.59. The third-order valence-electron chi connectivity index (χ3n) is 2.35. The van der Waals surface area contributed by atoms with Crippen molar-refractivity contribution in [3.8, 4) is 0 Å². The number of piperidine rings is 1. The highest BCUT2D eigenvalue weighted by atomic mass is 16.6. The minimum Gasteiger partial charge on any atom is -0.450 e. The van der Waals surface area contributed by atoms with E-state index in [0.29, 0.717) is 19.7 Å². The van der Waals surface area contributed by atoms with Gasteiger partial charge in [0.2, 0.25) is 5.91 Å². The maximum absolute atomic E-state index is 11.3. The lowest BCUT2D eigenvalue weighted by molar-refractivity contribution is -0.123. The second kappa shape index (κ2) is 4.83. The number of ether oxygens (including phenoxy) is 1. The normalized spacial score (nSPS) is 21.8. The molecule has 0 aliphatic carbocycles. The Balaban J connectivity index is 2.47. The maximum atomic E-state index is 11.3. The summed E-state index contributed by atoms with van der Waals surface area (Å²) >= 11 is 0. The Bertz CT molecular complexity index is 230. The fourth-order valence-corrected chi connectivity index (χ4v) is 1.59. The van der Waals surface area contributed by atoms with Crippen molar-refractivity contribution in [3.05, 3.63) is 0 Å². The van der Waals surface area contributed by atoms with Crippen molar-refractivity contribution in [2.24, 2.45) is 11.7 Å². The number of rotatable bonds is 2. The number of hydrogen-bond acceptors (Lipinski definition) is 3. The minimum atomic E-state index is -0.349. The van der Waals surface area contributed by atoms with Gasteiger partial charge in [0.15, 0.2) is 0 Å². The second-order valence-corrected chi connectivity index (χ2v) is 3.39. The molecule has 1 heterocycles. The van der Waals surface area contributed by atoms with Crippen molar-refractivity contribution >= 4 is 12.0 Å².